The van der Waals surface area contributed by atoms with Crippen LogP contribution in [-0.2, 0) is 59.5 Å². The van der Waals surface area contributed by atoms with E-state index in [0.29, 0.717) is 27.3 Å². The summed E-state index contributed by atoms with van der Waals surface area (Å²) in [5, 5.41) is 23.3. The number of hydrogen-bond donors (Lipinski definition) is 3. The molecule has 4 heterocycles. The summed E-state index contributed by atoms with van der Waals surface area (Å²) in [5.41, 5.74) is 8.35. The maximum atomic E-state index is 12.7. The molecular weight excluding hydrogens is 1150 g/mol. The first kappa shape index (κ1) is 55.3. The van der Waals surface area contributed by atoms with E-state index < -0.39 is 53.2 Å². The maximum absolute atomic E-state index is 12.7. The number of fused-ring (bicyclic) bond motifs is 3. The number of rotatable bonds is 5. The number of nitrogen functional groups attached to an aromatic ring is 1. The van der Waals surface area contributed by atoms with Crippen LogP contribution in [0, 0.1) is 17.1 Å². The topological polar surface area (TPSA) is 248 Å². The number of para-hydroxylation sites is 3. The van der Waals surface area contributed by atoms with Crippen LogP contribution in [0.25, 0.3) is 32.7 Å². The summed E-state index contributed by atoms with van der Waals surface area (Å²) in [4.78, 5) is 0. The molecule has 18 nitrogen and oxygen atoms in total. The molecule has 0 radical (unpaired) electrons. The second-order valence-electron chi connectivity index (χ2n) is 15.7. The summed E-state index contributed by atoms with van der Waals surface area (Å²) in [6.07, 6.45) is 3.13. The minimum absolute atomic E-state index is 0.0642. The van der Waals surface area contributed by atoms with Crippen molar-refractivity contribution in [2.45, 2.75) is 38.9 Å². The molecule has 1 aliphatic heterocycles. The number of nitrogens with one attached hydrogen (secondary N) is 2. The van der Waals surface area contributed by atoms with Crippen LogP contribution in [0.2, 0.25) is 0 Å². The molecule has 1 aliphatic rings. The SMILES string of the molecule is CS(=O)(=O)Cl.Cn1nc(N)c2cccc(Br)c21.Cn1nc(NS(C)(=O)=O)c2cccc(B3OC(C)(C)C(C)(C)O3)c21.Cn1nc(NS(C)(=O)=O)c2cccc(Br)c21.N#Cc1cccc(Br)c1F. The summed E-state index contributed by atoms with van der Waals surface area (Å²) in [6, 6.07) is 23.3. The van der Waals surface area contributed by atoms with Crippen LogP contribution in [-0.4, -0.2) is 91.7 Å². The smallest absolute Gasteiger partial charge is 0.399 e. The molecule has 8 rings (SSSR count). The zero-order valence-electron chi connectivity index (χ0n) is 37.6. The van der Waals surface area contributed by atoms with E-state index in [-0.39, 0.29) is 5.56 Å². The highest BCUT2D eigenvalue weighted by molar-refractivity contribution is 9.11. The normalized spacial score (nSPS) is 14.1. The summed E-state index contributed by atoms with van der Waals surface area (Å²) in [6.45, 7) is 7.97. The molecule has 1 fully saturated rings. The van der Waals surface area contributed by atoms with Gasteiger partial charge in [0.25, 0.3) is 0 Å². The van der Waals surface area contributed by atoms with E-state index in [9.17, 15) is 29.6 Å². The second kappa shape index (κ2) is 21.5. The molecule has 1 saturated heterocycles. The summed E-state index contributed by atoms with van der Waals surface area (Å²) in [5.74, 6) is 0.730. The van der Waals surface area contributed by atoms with Gasteiger partial charge in [-0.25, -0.2) is 29.6 Å². The van der Waals surface area contributed by atoms with Gasteiger partial charge in [0, 0.05) is 62.4 Å². The van der Waals surface area contributed by atoms with Gasteiger partial charge in [-0.3, -0.25) is 23.5 Å². The average molecular weight is 1200 g/mol. The van der Waals surface area contributed by atoms with E-state index in [4.69, 9.17) is 20.3 Å². The summed E-state index contributed by atoms with van der Waals surface area (Å²) >= 11 is 9.81. The standard InChI is InChI=1S/C15H22BN3O4S.C9H10BrN3O2S.C8H8BrN3.C7H3BrFN.CH3ClO2S/c1-14(2)15(3,4)23-16(22-14)11-9-7-8-10-12(11)19(5)17-13(10)18-24(6,20)21;1-13-8-6(4-3-5-7(8)10)9(11-13)12-16(2,14)15;1-12-7-5(8(10)11-12)3-2-4-6(7)9;8-6-3-1-2-5(4-10)7(6)9;1-5(2,3)4/h7-9H,1-6H3,(H,17,18);3-5H,1-2H3,(H,11,12);2-4H,1H3,(H2,10,11);1-3H;1H3. The van der Waals surface area contributed by atoms with Crippen LogP contribution in [0.4, 0.5) is 21.8 Å². The predicted molar refractivity (Wildman–Crippen MR) is 274 cm³/mol. The Kier molecular flexibility index (Phi) is 17.8. The molecule has 0 aliphatic carbocycles. The summed E-state index contributed by atoms with van der Waals surface area (Å²) < 4.78 is 101. The lowest BCUT2D eigenvalue weighted by atomic mass is 9.78. The molecule has 3 aromatic heterocycles. The van der Waals surface area contributed by atoms with E-state index >= 15 is 0 Å². The van der Waals surface area contributed by atoms with Crippen molar-refractivity contribution in [2.24, 2.45) is 21.1 Å². The Balaban J connectivity index is 0.000000198. The zero-order valence-corrected chi connectivity index (χ0v) is 45.6. The van der Waals surface area contributed by atoms with Crippen LogP contribution < -0.4 is 20.6 Å². The number of nitrogens with two attached hydrogens (primary N) is 1. The number of benzene rings is 4. The van der Waals surface area contributed by atoms with Gasteiger partial charge in [0.1, 0.15) is 6.07 Å². The minimum Gasteiger partial charge on any atom is -0.399 e. The molecule has 27 heteroatoms. The number of nitrogens with zero attached hydrogens (tertiary/aromatic N) is 7. The first-order valence-electron chi connectivity index (χ1n) is 19.2. The van der Waals surface area contributed by atoms with Gasteiger partial charge in [0.05, 0.1) is 56.6 Å². The molecule has 0 unspecified atom stereocenters. The lowest BCUT2D eigenvalue weighted by Gasteiger charge is -2.32. The quantitative estimate of drug-likeness (QED) is 0.112. The highest BCUT2D eigenvalue weighted by atomic mass is 79.9. The fraction of sp³-hybridized carbons (Fsp3) is 0.300. The van der Waals surface area contributed by atoms with E-state index in [1.165, 1.54) is 6.07 Å². The number of anilines is 3. The van der Waals surface area contributed by atoms with Gasteiger partial charge >= 0.3 is 7.12 Å². The molecule has 0 amide bonds. The summed E-state index contributed by atoms with van der Waals surface area (Å²) in [7, 11) is -0.544. The van der Waals surface area contributed by atoms with Crippen molar-refractivity contribution in [3.63, 3.8) is 0 Å². The van der Waals surface area contributed by atoms with Gasteiger partial charge in [-0.1, -0.05) is 30.3 Å². The van der Waals surface area contributed by atoms with E-state index in [1.54, 1.807) is 46.3 Å². The Morgan fingerprint density at radius 1 is 0.672 bits per heavy atom. The highest BCUT2D eigenvalue weighted by Crippen LogP contribution is 2.37. The Hall–Kier alpha value is -4.33. The van der Waals surface area contributed by atoms with Gasteiger partial charge in [-0.2, -0.15) is 20.6 Å². The third-order valence-electron chi connectivity index (χ3n) is 9.70. The molecular formula is C40H46BBr3ClFN10O8S3. The Morgan fingerprint density at radius 2 is 1.04 bits per heavy atom. The fourth-order valence-electron chi connectivity index (χ4n) is 6.23. The van der Waals surface area contributed by atoms with E-state index in [2.05, 4.69) is 83.2 Å². The number of hydrogen-bond acceptors (Lipinski definition) is 13. The van der Waals surface area contributed by atoms with Crippen LogP contribution in [0.1, 0.15) is 33.3 Å². The number of aryl methyl sites for hydroxylation is 3. The molecule has 4 aromatic carbocycles. The number of nitriles is 1. The molecule has 0 spiro atoms. The molecule has 0 bridgehead atoms. The van der Waals surface area contributed by atoms with E-state index in [0.717, 1.165) is 60.5 Å². The van der Waals surface area contributed by atoms with Crippen LogP contribution in [0.15, 0.2) is 86.2 Å². The molecule has 7 aromatic rings. The molecule has 67 heavy (non-hydrogen) atoms. The average Bonchev–Trinajstić information content (AvgIpc) is 3.85. The molecule has 360 valence electrons. The third-order valence-corrected chi connectivity index (χ3v) is 12.7. The first-order valence-corrected chi connectivity index (χ1v) is 28.1. The van der Waals surface area contributed by atoms with Gasteiger partial charge < -0.3 is 15.0 Å². The van der Waals surface area contributed by atoms with Gasteiger partial charge in [-0.05, 0) is 118 Å². The number of sulfonamides is 2. The zero-order chi connectivity index (χ0) is 50.6. The van der Waals surface area contributed by atoms with Crippen LogP contribution >= 0.6 is 58.5 Å². The monoisotopic (exact) mass is 1190 g/mol. The van der Waals surface area contributed by atoms with Crippen molar-refractivity contribution in [2.75, 3.05) is 33.9 Å². The maximum Gasteiger partial charge on any atom is 0.497 e. The Bertz CT molecular complexity index is 3320. The van der Waals surface area contributed by atoms with Gasteiger partial charge in [0.15, 0.2) is 23.3 Å². The molecule has 0 atom stereocenters. The van der Waals surface area contributed by atoms with Crippen LogP contribution in [0.5, 0.6) is 0 Å². The fourth-order valence-corrected chi connectivity index (χ4v) is 8.84. The van der Waals surface area contributed by atoms with Crippen LogP contribution in [0.3, 0.4) is 0 Å². The first-order chi connectivity index (χ1) is 30.7. The predicted octanol–water partition coefficient (Wildman–Crippen LogP) is 7.51. The number of halogens is 5. The lowest BCUT2D eigenvalue weighted by molar-refractivity contribution is 0.00578. The Morgan fingerprint density at radius 3 is 1.48 bits per heavy atom. The van der Waals surface area contributed by atoms with Crippen molar-refractivity contribution < 1.29 is 39.0 Å². The van der Waals surface area contributed by atoms with Crippen molar-refractivity contribution in [1.82, 2.24) is 29.3 Å². The number of aromatic nitrogens is 6. The minimum atomic E-state index is -3.41. The van der Waals surface area contributed by atoms with Crippen molar-refractivity contribution in [3.05, 3.63) is 97.6 Å². The van der Waals surface area contributed by atoms with Crippen molar-refractivity contribution in [1.29, 1.82) is 5.26 Å². The third kappa shape index (κ3) is 14.6. The second-order valence-corrected chi connectivity index (χ2v) is 24.8. The lowest BCUT2D eigenvalue weighted by Crippen LogP contribution is -2.41. The molecule has 0 saturated carbocycles. The van der Waals surface area contributed by atoms with Gasteiger partial charge in [0.2, 0.25) is 29.1 Å². The molecule has 4 N–H and O–H groups in total. The van der Waals surface area contributed by atoms with Crippen molar-refractivity contribution in [3.8, 4) is 6.07 Å². The van der Waals surface area contributed by atoms with E-state index in [1.807, 2.05) is 89.3 Å². The van der Waals surface area contributed by atoms with Gasteiger partial charge in [-0.15, -0.1) is 0 Å². The Labute approximate surface area is 418 Å². The highest BCUT2D eigenvalue weighted by Gasteiger charge is 2.52. The largest absolute Gasteiger partial charge is 0.497 e. The van der Waals surface area contributed by atoms with Crippen molar-refractivity contribution >= 4 is 150 Å².